The maximum atomic E-state index is 5.69. The van der Waals surface area contributed by atoms with Gasteiger partial charge in [-0.2, -0.15) is 0 Å². The third-order valence-corrected chi connectivity index (χ3v) is 3.50. The lowest BCUT2D eigenvalue weighted by molar-refractivity contribution is -0.00803. The van der Waals surface area contributed by atoms with E-state index in [0.717, 1.165) is 12.8 Å². The Bertz CT molecular complexity index is 203. The van der Waals surface area contributed by atoms with Crippen molar-refractivity contribution in [3.8, 4) is 0 Å². The largest absolute Gasteiger partial charge is 0.333 e. The predicted molar refractivity (Wildman–Crippen MR) is 66.2 cm³/mol. The molecular weight excluding hydrogens is 207 g/mol. The number of rotatable bonds is 1. The molecule has 0 aromatic heterocycles. The van der Waals surface area contributed by atoms with E-state index < -0.39 is 0 Å². The molecule has 0 saturated carbocycles. The Balaban J connectivity index is 2.50. The van der Waals surface area contributed by atoms with Crippen LogP contribution >= 0.6 is 9.03 Å². The fourth-order valence-electron chi connectivity index (χ4n) is 1.83. The minimum Gasteiger partial charge on any atom is -0.333 e. The van der Waals surface area contributed by atoms with Gasteiger partial charge in [0, 0.05) is 6.42 Å². The Morgan fingerprint density at radius 2 is 1.67 bits per heavy atom. The molecule has 3 heteroatoms. The van der Waals surface area contributed by atoms with Crippen LogP contribution in [-0.4, -0.2) is 12.2 Å². The van der Waals surface area contributed by atoms with Crippen molar-refractivity contribution in [3.05, 3.63) is 0 Å². The SMILES string of the molecule is CC(C)(C)CC1CC(C(C)(C)C)OPO1. The van der Waals surface area contributed by atoms with Crippen molar-refractivity contribution in [1.29, 1.82) is 0 Å². The van der Waals surface area contributed by atoms with E-state index in [2.05, 4.69) is 41.5 Å². The van der Waals surface area contributed by atoms with E-state index in [0.29, 0.717) is 17.6 Å². The lowest BCUT2D eigenvalue weighted by Crippen LogP contribution is -2.36. The van der Waals surface area contributed by atoms with Crippen LogP contribution < -0.4 is 0 Å². The molecule has 90 valence electrons. The van der Waals surface area contributed by atoms with Crippen LogP contribution in [0.3, 0.4) is 0 Å². The quantitative estimate of drug-likeness (QED) is 0.632. The topological polar surface area (TPSA) is 18.5 Å². The molecule has 0 aromatic carbocycles. The van der Waals surface area contributed by atoms with Crippen LogP contribution in [0.25, 0.3) is 0 Å². The lowest BCUT2D eigenvalue weighted by Gasteiger charge is -2.38. The molecule has 0 bridgehead atoms. The standard InChI is InChI=1S/C12H25O2P/c1-11(2,3)8-9-7-10(12(4,5)6)14-15-13-9/h9-10,15H,7-8H2,1-6H3. The van der Waals surface area contributed by atoms with Crippen molar-refractivity contribution in [1.82, 2.24) is 0 Å². The fourth-order valence-corrected chi connectivity index (χ4v) is 2.76. The molecule has 1 heterocycles. The van der Waals surface area contributed by atoms with Crippen molar-refractivity contribution in [3.63, 3.8) is 0 Å². The molecule has 0 aliphatic carbocycles. The summed E-state index contributed by atoms with van der Waals surface area (Å²) in [4.78, 5) is 0. The van der Waals surface area contributed by atoms with E-state index in [1.54, 1.807) is 0 Å². The summed E-state index contributed by atoms with van der Waals surface area (Å²) in [6.45, 7) is 13.5. The van der Waals surface area contributed by atoms with E-state index in [1.165, 1.54) is 0 Å². The van der Waals surface area contributed by atoms with Crippen LogP contribution in [0.4, 0.5) is 0 Å². The first-order valence-electron chi connectivity index (χ1n) is 5.75. The zero-order chi connectivity index (χ0) is 11.7. The van der Waals surface area contributed by atoms with Crippen LogP contribution in [-0.2, 0) is 9.05 Å². The molecular formula is C12H25O2P. The normalized spacial score (nSPS) is 30.8. The average molecular weight is 232 g/mol. The maximum absolute atomic E-state index is 5.69. The van der Waals surface area contributed by atoms with Crippen molar-refractivity contribution >= 4 is 9.03 Å². The van der Waals surface area contributed by atoms with Crippen LogP contribution in [0.15, 0.2) is 0 Å². The van der Waals surface area contributed by atoms with Gasteiger partial charge in [-0.3, -0.25) is 0 Å². The molecule has 1 aliphatic heterocycles. The Hall–Kier alpha value is 0.350. The molecule has 0 radical (unpaired) electrons. The van der Waals surface area contributed by atoms with Gasteiger partial charge in [0.05, 0.1) is 12.2 Å². The summed E-state index contributed by atoms with van der Waals surface area (Å²) in [6.07, 6.45) is 2.88. The van der Waals surface area contributed by atoms with E-state index >= 15 is 0 Å². The maximum Gasteiger partial charge on any atom is 0.155 e. The minimum atomic E-state index is 0.222. The average Bonchev–Trinajstić information content (AvgIpc) is 1.99. The molecule has 0 amide bonds. The second-order valence-electron chi connectivity index (χ2n) is 6.80. The Morgan fingerprint density at radius 1 is 1.07 bits per heavy atom. The molecule has 3 atom stereocenters. The first kappa shape index (κ1) is 13.4. The van der Waals surface area contributed by atoms with Crippen LogP contribution in [0, 0.1) is 10.8 Å². The van der Waals surface area contributed by atoms with Crippen LogP contribution in [0.1, 0.15) is 54.4 Å². The van der Waals surface area contributed by atoms with Crippen molar-refractivity contribution in [2.24, 2.45) is 10.8 Å². The van der Waals surface area contributed by atoms with Gasteiger partial charge in [0.25, 0.3) is 0 Å². The summed E-state index contributed by atoms with van der Waals surface area (Å²) in [5.41, 5.74) is 0.571. The first-order chi connectivity index (χ1) is 6.68. The highest BCUT2D eigenvalue weighted by Crippen LogP contribution is 2.41. The fraction of sp³-hybridized carbons (Fsp3) is 1.00. The molecule has 0 spiro atoms. The Morgan fingerprint density at radius 3 is 2.13 bits per heavy atom. The first-order valence-corrected chi connectivity index (χ1v) is 6.56. The summed E-state index contributed by atoms with van der Waals surface area (Å²) in [7, 11) is 0.222. The third-order valence-electron chi connectivity index (χ3n) is 2.69. The van der Waals surface area contributed by atoms with Crippen LogP contribution in [0.2, 0.25) is 0 Å². The summed E-state index contributed by atoms with van der Waals surface area (Å²) in [5, 5.41) is 0. The summed E-state index contributed by atoms with van der Waals surface area (Å²) in [6, 6.07) is 0. The van der Waals surface area contributed by atoms with Crippen molar-refractivity contribution < 1.29 is 9.05 Å². The molecule has 0 aromatic rings. The van der Waals surface area contributed by atoms with Gasteiger partial charge in [-0.05, 0) is 17.3 Å². The van der Waals surface area contributed by atoms with E-state index in [9.17, 15) is 0 Å². The molecule has 1 saturated heterocycles. The second kappa shape index (κ2) is 4.69. The van der Waals surface area contributed by atoms with Gasteiger partial charge in [0.15, 0.2) is 9.03 Å². The third kappa shape index (κ3) is 4.80. The molecule has 3 unspecified atom stereocenters. The molecule has 0 N–H and O–H groups in total. The number of hydrogen-bond acceptors (Lipinski definition) is 2. The van der Waals surface area contributed by atoms with Gasteiger partial charge >= 0.3 is 0 Å². The van der Waals surface area contributed by atoms with Gasteiger partial charge in [-0.25, -0.2) is 0 Å². The smallest absolute Gasteiger partial charge is 0.155 e. The minimum absolute atomic E-state index is 0.222. The monoisotopic (exact) mass is 232 g/mol. The molecule has 1 aliphatic rings. The molecule has 15 heavy (non-hydrogen) atoms. The molecule has 1 rings (SSSR count). The summed E-state index contributed by atoms with van der Waals surface area (Å²) < 4.78 is 11.4. The zero-order valence-corrected chi connectivity index (χ0v) is 11.9. The summed E-state index contributed by atoms with van der Waals surface area (Å²) in [5.74, 6) is 0. The Kier molecular flexibility index (Phi) is 4.20. The Labute approximate surface area is 96.1 Å². The number of hydrogen-bond donors (Lipinski definition) is 0. The predicted octanol–water partition coefficient (Wildman–Crippen LogP) is 4.15. The zero-order valence-electron chi connectivity index (χ0n) is 10.9. The van der Waals surface area contributed by atoms with Gasteiger partial charge in [0.2, 0.25) is 0 Å². The molecule has 1 fully saturated rings. The van der Waals surface area contributed by atoms with Gasteiger partial charge in [-0.15, -0.1) is 0 Å². The van der Waals surface area contributed by atoms with Gasteiger partial charge in [0.1, 0.15) is 0 Å². The van der Waals surface area contributed by atoms with Gasteiger partial charge < -0.3 is 9.05 Å². The van der Waals surface area contributed by atoms with Crippen molar-refractivity contribution in [2.45, 2.75) is 66.6 Å². The van der Waals surface area contributed by atoms with Gasteiger partial charge in [-0.1, -0.05) is 41.5 Å². The van der Waals surface area contributed by atoms with E-state index in [-0.39, 0.29) is 14.4 Å². The highest BCUT2D eigenvalue weighted by Gasteiger charge is 2.34. The highest BCUT2D eigenvalue weighted by molar-refractivity contribution is 7.26. The van der Waals surface area contributed by atoms with E-state index in [4.69, 9.17) is 9.05 Å². The second-order valence-corrected chi connectivity index (χ2v) is 7.43. The lowest BCUT2D eigenvalue weighted by atomic mass is 9.82. The molecule has 2 nitrogen and oxygen atoms in total. The van der Waals surface area contributed by atoms with Crippen molar-refractivity contribution in [2.75, 3.05) is 0 Å². The van der Waals surface area contributed by atoms with E-state index in [1.807, 2.05) is 0 Å². The van der Waals surface area contributed by atoms with Crippen LogP contribution in [0.5, 0.6) is 0 Å². The highest BCUT2D eigenvalue weighted by atomic mass is 31.1. The summed E-state index contributed by atoms with van der Waals surface area (Å²) >= 11 is 0.